The molecule has 0 aliphatic carbocycles. The van der Waals surface area contributed by atoms with Gasteiger partial charge in [-0.25, -0.2) is 4.39 Å². The molecule has 1 unspecified atom stereocenters. The van der Waals surface area contributed by atoms with Gasteiger partial charge in [-0.05, 0) is 54.1 Å². The molecule has 0 fully saturated rings. The van der Waals surface area contributed by atoms with Gasteiger partial charge < -0.3 is 10.5 Å². The van der Waals surface area contributed by atoms with E-state index in [2.05, 4.69) is 22.6 Å². The molecule has 0 heterocycles. The van der Waals surface area contributed by atoms with Crippen molar-refractivity contribution in [2.24, 2.45) is 5.73 Å². The summed E-state index contributed by atoms with van der Waals surface area (Å²) in [5.41, 5.74) is 6.87. The molecular weight excluding hydrogens is 308 g/mol. The average Bonchev–Trinajstić information content (AvgIpc) is 2.14. The van der Waals surface area contributed by atoms with E-state index < -0.39 is 0 Å². The Morgan fingerprint density at radius 2 is 2.13 bits per heavy atom. The Balaban J connectivity index is 2.69. The van der Waals surface area contributed by atoms with Crippen LogP contribution in [0.1, 0.15) is 25.5 Å². The van der Waals surface area contributed by atoms with Crippen molar-refractivity contribution in [3.8, 4) is 0 Å². The third-order valence-electron chi connectivity index (χ3n) is 1.97. The van der Waals surface area contributed by atoms with Crippen LogP contribution in [-0.2, 0) is 4.74 Å². The fourth-order valence-electron chi connectivity index (χ4n) is 1.19. The number of ether oxygens (including phenoxy) is 1. The Kier molecular flexibility index (Phi) is 4.95. The zero-order valence-corrected chi connectivity index (χ0v) is 11.0. The molecule has 15 heavy (non-hydrogen) atoms. The van der Waals surface area contributed by atoms with E-state index in [4.69, 9.17) is 10.5 Å². The molecule has 0 aromatic heterocycles. The number of hydrogen-bond acceptors (Lipinski definition) is 2. The highest BCUT2D eigenvalue weighted by molar-refractivity contribution is 14.1. The summed E-state index contributed by atoms with van der Waals surface area (Å²) in [6.45, 7) is 4.38. The van der Waals surface area contributed by atoms with Gasteiger partial charge >= 0.3 is 0 Å². The van der Waals surface area contributed by atoms with Crippen LogP contribution in [0.4, 0.5) is 4.39 Å². The van der Waals surface area contributed by atoms with Crippen LogP contribution in [0.25, 0.3) is 0 Å². The maximum Gasteiger partial charge on any atom is 0.124 e. The van der Waals surface area contributed by atoms with Crippen LogP contribution in [0.15, 0.2) is 18.2 Å². The lowest BCUT2D eigenvalue weighted by molar-refractivity contribution is 0.0682. The van der Waals surface area contributed by atoms with Crippen molar-refractivity contribution >= 4 is 22.6 Å². The van der Waals surface area contributed by atoms with Crippen LogP contribution >= 0.6 is 22.6 Å². The van der Waals surface area contributed by atoms with Crippen molar-refractivity contribution in [2.75, 3.05) is 6.61 Å². The van der Waals surface area contributed by atoms with Crippen molar-refractivity contribution in [3.05, 3.63) is 33.1 Å². The fourth-order valence-corrected chi connectivity index (χ4v) is 2.07. The summed E-state index contributed by atoms with van der Waals surface area (Å²) >= 11 is 2.08. The van der Waals surface area contributed by atoms with Crippen LogP contribution in [0.5, 0.6) is 0 Å². The van der Waals surface area contributed by atoms with E-state index in [0.717, 1.165) is 9.13 Å². The second-order valence-corrected chi connectivity index (χ2v) is 4.82. The van der Waals surface area contributed by atoms with E-state index in [1.165, 1.54) is 12.1 Å². The SMILES string of the molecule is CC(C)OCC(N)c1ccc(F)cc1I. The minimum Gasteiger partial charge on any atom is -0.377 e. The third-order valence-corrected chi connectivity index (χ3v) is 2.91. The number of hydrogen-bond donors (Lipinski definition) is 1. The molecule has 0 spiro atoms. The molecule has 1 aromatic rings. The minimum absolute atomic E-state index is 0.161. The van der Waals surface area contributed by atoms with Crippen molar-refractivity contribution < 1.29 is 9.13 Å². The molecule has 0 amide bonds. The first-order chi connectivity index (χ1) is 7.00. The fraction of sp³-hybridized carbons (Fsp3) is 0.455. The van der Waals surface area contributed by atoms with Gasteiger partial charge in [0.05, 0.1) is 18.8 Å². The average molecular weight is 323 g/mol. The first kappa shape index (κ1) is 12.9. The Hall–Kier alpha value is -0.200. The van der Waals surface area contributed by atoms with Crippen LogP contribution in [0, 0.1) is 9.39 Å². The highest BCUT2D eigenvalue weighted by atomic mass is 127. The zero-order chi connectivity index (χ0) is 11.4. The van der Waals surface area contributed by atoms with Gasteiger partial charge in [0.15, 0.2) is 0 Å². The summed E-state index contributed by atoms with van der Waals surface area (Å²) in [5, 5.41) is 0. The van der Waals surface area contributed by atoms with Gasteiger partial charge in [-0.2, -0.15) is 0 Å². The summed E-state index contributed by atoms with van der Waals surface area (Å²) < 4.78 is 19.1. The molecule has 0 radical (unpaired) electrons. The van der Waals surface area contributed by atoms with Crippen molar-refractivity contribution in [1.29, 1.82) is 0 Å². The Labute approximate surface area is 103 Å². The Morgan fingerprint density at radius 3 is 2.67 bits per heavy atom. The topological polar surface area (TPSA) is 35.2 Å². The molecule has 0 aliphatic rings. The van der Waals surface area contributed by atoms with Gasteiger partial charge in [-0.3, -0.25) is 0 Å². The summed E-state index contributed by atoms with van der Waals surface area (Å²) in [6.07, 6.45) is 0.161. The predicted octanol–water partition coefficient (Wildman–Crippen LogP) is 2.86. The van der Waals surface area contributed by atoms with E-state index in [0.29, 0.717) is 6.61 Å². The summed E-state index contributed by atoms with van der Waals surface area (Å²) in [5.74, 6) is -0.236. The number of benzene rings is 1. The van der Waals surface area contributed by atoms with Crippen LogP contribution in [0.2, 0.25) is 0 Å². The maximum atomic E-state index is 12.8. The minimum atomic E-state index is -0.236. The van der Waals surface area contributed by atoms with E-state index in [1.54, 1.807) is 6.07 Å². The van der Waals surface area contributed by atoms with Gasteiger partial charge in [0.2, 0.25) is 0 Å². The van der Waals surface area contributed by atoms with Gasteiger partial charge in [0.25, 0.3) is 0 Å². The molecule has 2 N–H and O–H groups in total. The molecule has 1 atom stereocenters. The largest absolute Gasteiger partial charge is 0.377 e. The van der Waals surface area contributed by atoms with E-state index in [-0.39, 0.29) is 18.0 Å². The van der Waals surface area contributed by atoms with E-state index in [9.17, 15) is 4.39 Å². The Morgan fingerprint density at radius 1 is 1.47 bits per heavy atom. The second-order valence-electron chi connectivity index (χ2n) is 3.65. The number of rotatable bonds is 4. The molecule has 0 aliphatic heterocycles. The monoisotopic (exact) mass is 323 g/mol. The summed E-state index contributed by atoms with van der Waals surface area (Å²) in [7, 11) is 0. The lowest BCUT2D eigenvalue weighted by Gasteiger charge is -2.16. The molecule has 84 valence electrons. The zero-order valence-electron chi connectivity index (χ0n) is 8.84. The highest BCUT2D eigenvalue weighted by Gasteiger charge is 2.11. The molecule has 0 saturated carbocycles. The van der Waals surface area contributed by atoms with Crippen molar-refractivity contribution in [3.63, 3.8) is 0 Å². The molecular formula is C11H15FINO. The predicted molar refractivity (Wildman–Crippen MR) is 67.1 cm³/mol. The standard InChI is InChI=1S/C11H15FINO/c1-7(2)15-6-11(14)9-4-3-8(12)5-10(9)13/h3-5,7,11H,6,14H2,1-2H3. The second kappa shape index (κ2) is 5.77. The van der Waals surface area contributed by atoms with E-state index >= 15 is 0 Å². The third kappa shape index (κ3) is 4.04. The van der Waals surface area contributed by atoms with Gasteiger partial charge in [0.1, 0.15) is 5.82 Å². The number of halogens is 2. The smallest absolute Gasteiger partial charge is 0.124 e. The van der Waals surface area contributed by atoms with Crippen LogP contribution < -0.4 is 5.73 Å². The summed E-state index contributed by atoms with van der Waals surface area (Å²) in [6, 6.07) is 4.42. The van der Waals surface area contributed by atoms with Crippen molar-refractivity contribution in [1.82, 2.24) is 0 Å². The first-order valence-corrected chi connectivity index (χ1v) is 5.90. The molecule has 0 bridgehead atoms. The molecule has 0 saturated heterocycles. The maximum absolute atomic E-state index is 12.8. The lowest BCUT2D eigenvalue weighted by Crippen LogP contribution is -2.20. The first-order valence-electron chi connectivity index (χ1n) is 4.83. The molecule has 4 heteroatoms. The Bertz CT molecular complexity index is 330. The van der Waals surface area contributed by atoms with Gasteiger partial charge in [0, 0.05) is 3.57 Å². The molecule has 1 aromatic carbocycles. The van der Waals surface area contributed by atoms with E-state index in [1.807, 2.05) is 13.8 Å². The van der Waals surface area contributed by atoms with Gasteiger partial charge in [-0.1, -0.05) is 6.07 Å². The quantitative estimate of drug-likeness (QED) is 0.865. The number of nitrogens with two attached hydrogens (primary N) is 1. The molecule has 1 rings (SSSR count). The normalized spacial score (nSPS) is 13.2. The van der Waals surface area contributed by atoms with Gasteiger partial charge in [-0.15, -0.1) is 0 Å². The highest BCUT2D eigenvalue weighted by Crippen LogP contribution is 2.20. The molecule has 2 nitrogen and oxygen atoms in total. The van der Waals surface area contributed by atoms with Crippen LogP contribution in [0.3, 0.4) is 0 Å². The van der Waals surface area contributed by atoms with Crippen LogP contribution in [-0.4, -0.2) is 12.7 Å². The van der Waals surface area contributed by atoms with Crippen molar-refractivity contribution in [2.45, 2.75) is 26.0 Å². The lowest BCUT2D eigenvalue weighted by atomic mass is 10.1. The summed E-state index contributed by atoms with van der Waals surface area (Å²) in [4.78, 5) is 0.